The highest BCUT2D eigenvalue weighted by Gasteiger charge is 2.32. The Labute approximate surface area is 164 Å². The molecule has 0 saturated carbocycles. The molecule has 0 fully saturated rings. The maximum absolute atomic E-state index is 12.2. The minimum atomic E-state index is -1.00. The first-order chi connectivity index (χ1) is 12.7. The highest BCUT2D eigenvalue weighted by atomic mass is 32.2. The van der Waals surface area contributed by atoms with Crippen LogP contribution in [0.3, 0.4) is 0 Å². The summed E-state index contributed by atoms with van der Waals surface area (Å²) in [7, 11) is 0. The first kappa shape index (κ1) is 20.8. The van der Waals surface area contributed by atoms with Crippen molar-refractivity contribution in [2.24, 2.45) is 5.92 Å². The van der Waals surface area contributed by atoms with E-state index in [1.165, 1.54) is 18.7 Å². The summed E-state index contributed by atoms with van der Waals surface area (Å²) in [5.74, 6) is -0.913. The van der Waals surface area contributed by atoms with E-state index in [0.29, 0.717) is 0 Å². The molecule has 2 rings (SSSR count). The maximum Gasteiger partial charge on any atom is 0.317 e. The van der Waals surface area contributed by atoms with E-state index >= 15 is 0 Å². The molecule has 0 aliphatic carbocycles. The number of rotatable bonds is 7. The second-order valence-electron chi connectivity index (χ2n) is 6.89. The lowest BCUT2D eigenvalue weighted by atomic mass is 9.90. The lowest BCUT2D eigenvalue weighted by molar-refractivity contribution is -0.152. The van der Waals surface area contributed by atoms with Gasteiger partial charge in [0.1, 0.15) is 5.54 Å². The van der Waals surface area contributed by atoms with Crippen LogP contribution in [0.2, 0.25) is 0 Å². The van der Waals surface area contributed by atoms with Crippen molar-refractivity contribution in [2.45, 2.75) is 44.2 Å². The second-order valence-corrected chi connectivity index (χ2v) is 7.94. The normalized spacial score (nSPS) is 14.2. The molecule has 0 radical (unpaired) electrons. The van der Waals surface area contributed by atoms with Gasteiger partial charge < -0.3 is 10.1 Å². The number of hydrogen-bond acceptors (Lipinski definition) is 5. The first-order valence-corrected chi connectivity index (χ1v) is 9.78. The molecule has 2 aromatic carbocycles. The van der Waals surface area contributed by atoms with Gasteiger partial charge in [0.25, 0.3) is 5.91 Å². The van der Waals surface area contributed by atoms with Gasteiger partial charge in [-0.1, -0.05) is 44.2 Å². The molecule has 0 bridgehead atoms. The van der Waals surface area contributed by atoms with Crippen molar-refractivity contribution in [3.8, 4) is 6.07 Å². The van der Waals surface area contributed by atoms with Crippen molar-refractivity contribution in [2.75, 3.05) is 5.75 Å². The number of fused-ring (bicyclic) bond motifs is 1. The van der Waals surface area contributed by atoms with Gasteiger partial charge in [-0.3, -0.25) is 9.59 Å². The highest BCUT2D eigenvalue weighted by molar-refractivity contribution is 8.00. The third-order valence-electron chi connectivity index (χ3n) is 4.52. The standard InChI is InChI=1S/C21H24N2O3S/c1-14(2)21(4,13-22)23-20(25)15(3)26-19(24)12-27-18-10-9-16-7-5-6-8-17(16)11-18/h5-11,14-15H,12H2,1-4H3,(H,23,25)/t15-,21+/m0/s1. The molecule has 2 atom stereocenters. The van der Waals surface area contributed by atoms with E-state index in [-0.39, 0.29) is 11.7 Å². The van der Waals surface area contributed by atoms with E-state index < -0.39 is 23.5 Å². The van der Waals surface area contributed by atoms with Crippen molar-refractivity contribution in [3.05, 3.63) is 42.5 Å². The van der Waals surface area contributed by atoms with Crippen molar-refractivity contribution in [1.29, 1.82) is 5.26 Å². The molecule has 0 saturated heterocycles. The molecule has 27 heavy (non-hydrogen) atoms. The Bertz CT molecular complexity index is 875. The number of carbonyl (C=O) groups is 2. The summed E-state index contributed by atoms with van der Waals surface area (Å²) in [6, 6.07) is 16.1. The summed E-state index contributed by atoms with van der Waals surface area (Å²) in [5.41, 5.74) is -1.00. The molecule has 0 aromatic heterocycles. The van der Waals surface area contributed by atoms with Gasteiger partial charge in [0.05, 0.1) is 11.8 Å². The Morgan fingerprint density at radius 3 is 2.48 bits per heavy atom. The zero-order chi connectivity index (χ0) is 20.0. The van der Waals surface area contributed by atoms with Gasteiger partial charge in [-0.15, -0.1) is 11.8 Å². The van der Waals surface area contributed by atoms with Gasteiger partial charge >= 0.3 is 5.97 Å². The number of nitrogens with zero attached hydrogens (tertiary/aromatic N) is 1. The quantitative estimate of drug-likeness (QED) is 0.578. The minimum absolute atomic E-state index is 0.0715. The van der Waals surface area contributed by atoms with Crippen molar-refractivity contribution >= 4 is 34.4 Å². The number of thioether (sulfide) groups is 1. The Kier molecular flexibility index (Phi) is 6.86. The zero-order valence-corrected chi connectivity index (χ0v) is 16.8. The topological polar surface area (TPSA) is 79.2 Å². The van der Waals surface area contributed by atoms with Crippen LogP contribution < -0.4 is 5.32 Å². The fourth-order valence-electron chi connectivity index (χ4n) is 2.34. The number of amides is 1. The first-order valence-electron chi connectivity index (χ1n) is 8.79. The monoisotopic (exact) mass is 384 g/mol. The number of nitrogens with one attached hydrogen (secondary N) is 1. The molecule has 0 heterocycles. The fraction of sp³-hybridized carbons (Fsp3) is 0.381. The van der Waals surface area contributed by atoms with Crippen molar-refractivity contribution in [1.82, 2.24) is 5.32 Å². The van der Waals surface area contributed by atoms with E-state index in [2.05, 4.69) is 11.4 Å². The van der Waals surface area contributed by atoms with E-state index in [9.17, 15) is 14.9 Å². The van der Waals surface area contributed by atoms with Gasteiger partial charge in [0.2, 0.25) is 0 Å². The molecule has 0 unspecified atom stereocenters. The van der Waals surface area contributed by atoms with Gasteiger partial charge in [-0.25, -0.2) is 0 Å². The number of carbonyl (C=O) groups excluding carboxylic acids is 2. The summed E-state index contributed by atoms with van der Waals surface area (Å²) in [4.78, 5) is 25.3. The largest absolute Gasteiger partial charge is 0.452 e. The minimum Gasteiger partial charge on any atom is -0.452 e. The summed E-state index contributed by atoms with van der Waals surface area (Å²) in [6.07, 6.45) is -0.957. The van der Waals surface area contributed by atoms with Crippen LogP contribution in [-0.2, 0) is 14.3 Å². The Morgan fingerprint density at radius 1 is 1.19 bits per heavy atom. The SMILES string of the molecule is CC(C)[C@@](C)(C#N)NC(=O)[C@H](C)OC(=O)CSc1ccc2ccccc2c1. The Balaban J connectivity index is 1.88. The maximum atomic E-state index is 12.2. The van der Waals surface area contributed by atoms with E-state index in [1.807, 2.05) is 56.3 Å². The number of hydrogen-bond donors (Lipinski definition) is 1. The number of nitriles is 1. The van der Waals surface area contributed by atoms with Crippen LogP contribution in [0.15, 0.2) is 47.4 Å². The Hall–Kier alpha value is -2.52. The summed E-state index contributed by atoms with van der Waals surface area (Å²) < 4.78 is 5.21. The molecular weight excluding hydrogens is 360 g/mol. The molecule has 1 N–H and O–H groups in total. The van der Waals surface area contributed by atoms with Crippen LogP contribution in [0.5, 0.6) is 0 Å². The van der Waals surface area contributed by atoms with Crippen molar-refractivity contribution in [3.63, 3.8) is 0 Å². The fourth-order valence-corrected chi connectivity index (χ4v) is 3.07. The predicted octanol–water partition coefficient (Wildman–Crippen LogP) is 3.92. The molecule has 5 nitrogen and oxygen atoms in total. The van der Waals surface area contributed by atoms with Gasteiger partial charge in [-0.05, 0) is 42.7 Å². The predicted molar refractivity (Wildman–Crippen MR) is 107 cm³/mol. The molecule has 1 amide bonds. The molecule has 142 valence electrons. The third kappa shape index (κ3) is 5.48. The number of benzene rings is 2. The Morgan fingerprint density at radius 2 is 1.85 bits per heavy atom. The zero-order valence-electron chi connectivity index (χ0n) is 16.0. The average molecular weight is 385 g/mol. The summed E-state index contributed by atoms with van der Waals surface area (Å²) in [6.45, 7) is 6.85. The van der Waals surface area contributed by atoms with Crippen LogP contribution in [0, 0.1) is 17.2 Å². The second kappa shape index (κ2) is 8.92. The van der Waals surface area contributed by atoms with Crippen LogP contribution in [0.1, 0.15) is 27.7 Å². The molecule has 0 aliphatic rings. The van der Waals surface area contributed by atoms with Gasteiger partial charge in [0.15, 0.2) is 6.10 Å². The van der Waals surface area contributed by atoms with Crippen LogP contribution in [0.25, 0.3) is 10.8 Å². The highest BCUT2D eigenvalue weighted by Crippen LogP contribution is 2.24. The molecule has 0 spiro atoms. The van der Waals surface area contributed by atoms with Gasteiger partial charge in [0, 0.05) is 4.90 Å². The molecule has 0 aliphatic heterocycles. The van der Waals surface area contributed by atoms with Crippen molar-refractivity contribution < 1.29 is 14.3 Å². The lowest BCUT2D eigenvalue weighted by Crippen LogP contribution is -2.52. The van der Waals surface area contributed by atoms with E-state index in [4.69, 9.17) is 4.74 Å². The summed E-state index contributed by atoms with van der Waals surface area (Å²) in [5, 5.41) is 14.2. The molecular formula is C21H24N2O3S. The smallest absolute Gasteiger partial charge is 0.317 e. The molecule has 6 heteroatoms. The average Bonchev–Trinajstić information content (AvgIpc) is 2.65. The summed E-state index contributed by atoms with van der Waals surface area (Å²) >= 11 is 1.36. The van der Waals surface area contributed by atoms with Crippen LogP contribution in [0.4, 0.5) is 0 Å². The lowest BCUT2D eigenvalue weighted by Gasteiger charge is -2.28. The van der Waals surface area contributed by atoms with E-state index in [0.717, 1.165) is 15.7 Å². The van der Waals surface area contributed by atoms with Crippen LogP contribution in [-0.4, -0.2) is 29.3 Å². The number of esters is 1. The molecule has 2 aromatic rings. The number of ether oxygens (including phenoxy) is 1. The van der Waals surface area contributed by atoms with Crippen LogP contribution >= 0.6 is 11.8 Å². The van der Waals surface area contributed by atoms with Gasteiger partial charge in [-0.2, -0.15) is 5.26 Å². The third-order valence-corrected chi connectivity index (χ3v) is 5.49. The van der Waals surface area contributed by atoms with E-state index in [1.54, 1.807) is 6.92 Å².